The molecule has 0 spiro atoms. The number of hydrogen-bond donors (Lipinski definition) is 8. The van der Waals surface area contributed by atoms with Crippen molar-refractivity contribution in [2.45, 2.75) is 61.3 Å². The van der Waals surface area contributed by atoms with Gasteiger partial charge in [0.1, 0.15) is 36.6 Å². The van der Waals surface area contributed by atoms with Crippen molar-refractivity contribution in [1.29, 1.82) is 0 Å². The maximum Gasteiger partial charge on any atom is 0.335 e. The van der Waals surface area contributed by atoms with E-state index in [2.05, 4.69) is 4.74 Å². The molecule has 2 aliphatic rings. The number of carboxylic acid groups (broad SMARTS) is 1. The average molecular weight is 355 g/mol. The van der Waals surface area contributed by atoms with Crippen molar-refractivity contribution in [1.82, 2.24) is 0 Å². The summed E-state index contributed by atoms with van der Waals surface area (Å²) < 4.78 is 15.1. The Balaban J connectivity index is 2.18. The van der Waals surface area contributed by atoms with E-state index in [1.807, 2.05) is 0 Å². The highest BCUT2D eigenvalue weighted by atomic mass is 16.7. The number of carboxylic acids is 1. The first-order chi connectivity index (χ1) is 11.2. The van der Waals surface area contributed by atoms with Gasteiger partial charge in [-0.3, -0.25) is 0 Å². The largest absolute Gasteiger partial charge is 0.479 e. The van der Waals surface area contributed by atoms with Gasteiger partial charge in [-0.25, -0.2) is 4.79 Å². The van der Waals surface area contributed by atoms with Crippen LogP contribution in [0.3, 0.4) is 0 Å². The average Bonchev–Trinajstić information content (AvgIpc) is 2.54. The molecular weight excluding hydrogens is 334 g/mol. The zero-order valence-electron chi connectivity index (χ0n) is 12.3. The first kappa shape index (κ1) is 19.4. The standard InChI is InChI=1S/C12H21NO11/c13-3-5(16)4(15)2(1-14)22-12(3)24-8-6(17)7(18)11(21)23-9(8)10(19)20/h2-9,11-12,14-18,21H,1,13H2,(H,19,20)/t2-,3-,4-,5-,6-,7-,8+,9+,11?,12?/m1/s1. The van der Waals surface area contributed by atoms with E-state index in [4.69, 9.17) is 25.4 Å². The van der Waals surface area contributed by atoms with E-state index in [1.165, 1.54) is 0 Å². The number of nitrogens with two attached hydrogens (primary N) is 1. The fourth-order valence-corrected chi connectivity index (χ4v) is 2.58. The third-order valence-electron chi connectivity index (χ3n) is 4.03. The van der Waals surface area contributed by atoms with Crippen molar-refractivity contribution >= 4 is 5.97 Å². The number of carbonyl (C=O) groups is 1. The summed E-state index contributed by atoms with van der Waals surface area (Å²) in [5, 5.41) is 66.7. The van der Waals surface area contributed by atoms with E-state index in [0.29, 0.717) is 0 Å². The van der Waals surface area contributed by atoms with Crippen LogP contribution in [0.1, 0.15) is 0 Å². The Bertz CT molecular complexity index is 449. The molecule has 12 heteroatoms. The molecule has 0 amide bonds. The van der Waals surface area contributed by atoms with Crippen molar-refractivity contribution < 1.29 is 54.8 Å². The van der Waals surface area contributed by atoms with Crippen LogP contribution in [0, 0.1) is 0 Å². The lowest BCUT2D eigenvalue weighted by Gasteiger charge is -2.45. The van der Waals surface area contributed by atoms with E-state index in [9.17, 15) is 30.3 Å². The number of ether oxygens (including phenoxy) is 3. The summed E-state index contributed by atoms with van der Waals surface area (Å²) in [4.78, 5) is 11.2. The number of aliphatic hydroxyl groups is 6. The molecule has 2 fully saturated rings. The predicted molar refractivity (Wildman–Crippen MR) is 71.1 cm³/mol. The summed E-state index contributed by atoms with van der Waals surface area (Å²) in [6, 6.07) is -1.34. The molecule has 0 saturated carbocycles. The lowest BCUT2D eigenvalue weighted by molar-refractivity contribution is -0.333. The molecule has 2 rings (SSSR count). The molecule has 0 aromatic carbocycles. The van der Waals surface area contributed by atoms with Crippen LogP contribution in [0.2, 0.25) is 0 Å². The SMILES string of the molecule is N[C@H]1C(O[C@H]2[C@H](O)[C@@H](O)C(O)O[C@@H]2C(=O)O)O[C@H](CO)[C@@H](O)[C@@H]1O. The van der Waals surface area contributed by atoms with Gasteiger partial charge in [0, 0.05) is 0 Å². The normalized spacial score (nSPS) is 49.8. The van der Waals surface area contributed by atoms with E-state index >= 15 is 0 Å². The quantitative estimate of drug-likeness (QED) is 0.237. The minimum atomic E-state index is -1.94. The van der Waals surface area contributed by atoms with Gasteiger partial charge in [0.15, 0.2) is 18.7 Å². The molecule has 2 heterocycles. The first-order valence-corrected chi connectivity index (χ1v) is 7.15. The lowest BCUT2D eigenvalue weighted by Crippen LogP contribution is -2.66. The number of aliphatic carboxylic acids is 1. The van der Waals surface area contributed by atoms with Gasteiger partial charge in [-0.2, -0.15) is 0 Å². The maximum atomic E-state index is 11.2. The van der Waals surface area contributed by atoms with Gasteiger partial charge in [-0.15, -0.1) is 0 Å². The summed E-state index contributed by atoms with van der Waals surface area (Å²) >= 11 is 0. The summed E-state index contributed by atoms with van der Waals surface area (Å²) in [6.07, 6.45) is -15.0. The zero-order valence-corrected chi connectivity index (χ0v) is 12.3. The van der Waals surface area contributed by atoms with Crippen molar-refractivity contribution in [2.75, 3.05) is 6.61 Å². The molecule has 24 heavy (non-hydrogen) atoms. The predicted octanol–water partition coefficient (Wildman–Crippen LogP) is -5.34. The van der Waals surface area contributed by atoms with Gasteiger partial charge < -0.3 is 55.7 Å². The Morgan fingerprint density at radius 2 is 1.62 bits per heavy atom. The lowest BCUT2D eigenvalue weighted by atomic mass is 9.96. The molecule has 0 radical (unpaired) electrons. The van der Waals surface area contributed by atoms with Crippen LogP contribution in [0.5, 0.6) is 0 Å². The summed E-state index contributed by atoms with van der Waals surface area (Å²) in [5.74, 6) is -1.59. The van der Waals surface area contributed by atoms with Crippen LogP contribution >= 0.6 is 0 Å². The van der Waals surface area contributed by atoms with Gasteiger partial charge >= 0.3 is 5.97 Å². The molecule has 2 aliphatic heterocycles. The van der Waals surface area contributed by atoms with Crippen LogP contribution in [0.4, 0.5) is 0 Å². The molecule has 9 N–H and O–H groups in total. The van der Waals surface area contributed by atoms with Crippen LogP contribution < -0.4 is 5.73 Å². The summed E-state index contributed by atoms with van der Waals surface area (Å²) in [6.45, 7) is -0.682. The fraction of sp³-hybridized carbons (Fsp3) is 0.917. The Labute approximate surface area is 135 Å². The molecule has 10 atom stereocenters. The Morgan fingerprint density at radius 3 is 2.17 bits per heavy atom. The molecule has 2 saturated heterocycles. The van der Waals surface area contributed by atoms with Crippen molar-refractivity contribution in [3.63, 3.8) is 0 Å². The van der Waals surface area contributed by atoms with Crippen molar-refractivity contribution in [3.8, 4) is 0 Å². The van der Waals surface area contributed by atoms with Gasteiger partial charge in [0.2, 0.25) is 0 Å². The van der Waals surface area contributed by atoms with Crippen LogP contribution in [0.25, 0.3) is 0 Å². The highest BCUT2D eigenvalue weighted by Gasteiger charge is 2.51. The second-order valence-electron chi connectivity index (χ2n) is 5.65. The van der Waals surface area contributed by atoms with Crippen LogP contribution in [-0.2, 0) is 19.0 Å². The molecule has 140 valence electrons. The van der Waals surface area contributed by atoms with Gasteiger partial charge in [0.05, 0.1) is 12.6 Å². The zero-order chi connectivity index (χ0) is 18.2. The molecule has 2 unspecified atom stereocenters. The Morgan fingerprint density at radius 1 is 1.00 bits per heavy atom. The van der Waals surface area contributed by atoms with Crippen molar-refractivity contribution in [2.24, 2.45) is 5.73 Å². The van der Waals surface area contributed by atoms with E-state index < -0.39 is 73.9 Å². The Kier molecular flexibility index (Phi) is 6.09. The second kappa shape index (κ2) is 7.53. The summed E-state index contributed by atoms with van der Waals surface area (Å²) in [7, 11) is 0. The topological polar surface area (TPSA) is 212 Å². The van der Waals surface area contributed by atoms with E-state index in [0.717, 1.165) is 0 Å². The van der Waals surface area contributed by atoms with Crippen LogP contribution in [-0.4, -0.2) is 110 Å². The maximum absolute atomic E-state index is 11.2. The smallest absolute Gasteiger partial charge is 0.335 e. The highest BCUT2D eigenvalue weighted by molar-refractivity contribution is 5.73. The highest BCUT2D eigenvalue weighted by Crippen LogP contribution is 2.28. The minimum absolute atomic E-state index is 0.682. The molecule has 0 aliphatic carbocycles. The van der Waals surface area contributed by atoms with Gasteiger partial charge in [-0.05, 0) is 0 Å². The molecule has 0 bridgehead atoms. The number of rotatable bonds is 4. The third kappa shape index (κ3) is 3.52. The molecule has 12 nitrogen and oxygen atoms in total. The van der Waals surface area contributed by atoms with Gasteiger partial charge in [-0.1, -0.05) is 0 Å². The monoisotopic (exact) mass is 355 g/mol. The number of hydrogen-bond acceptors (Lipinski definition) is 11. The number of aliphatic hydroxyl groups excluding tert-OH is 6. The van der Waals surface area contributed by atoms with E-state index in [-0.39, 0.29) is 0 Å². The molecule has 0 aromatic heterocycles. The first-order valence-electron chi connectivity index (χ1n) is 7.15. The third-order valence-corrected chi connectivity index (χ3v) is 4.03. The fourth-order valence-electron chi connectivity index (χ4n) is 2.58. The summed E-state index contributed by atoms with van der Waals surface area (Å²) in [5.41, 5.74) is 5.65. The van der Waals surface area contributed by atoms with E-state index in [1.54, 1.807) is 0 Å². The Hall–Kier alpha value is -0.930. The molecule has 0 aromatic rings. The second-order valence-corrected chi connectivity index (χ2v) is 5.65. The minimum Gasteiger partial charge on any atom is -0.479 e. The van der Waals surface area contributed by atoms with Crippen LogP contribution in [0.15, 0.2) is 0 Å². The van der Waals surface area contributed by atoms with Gasteiger partial charge in [0.25, 0.3) is 0 Å². The molecular formula is C12H21NO11. The van der Waals surface area contributed by atoms with Crippen molar-refractivity contribution in [3.05, 3.63) is 0 Å².